The van der Waals surface area contributed by atoms with Crippen molar-refractivity contribution < 1.29 is 27.4 Å². The van der Waals surface area contributed by atoms with Crippen LogP contribution in [-0.2, 0) is 17.5 Å². The van der Waals surface area contributed by atoms with Crippen LogP contribution in [0.25, 0.3) is 11.0 Å². The molecule has 1 saturated carbocycles. The van der Waals surface area contributed by atoms with E-state index in [2.05, 4.69) is 23.8 Å². The van der Waals surface area contributed by atoms with Gasteiger partial charge in [0.2, 0.25) is 0 Å². The van der Waals surface area contributed by atoms with E-state index < -0.39 is 17.3 Å². The maximum absolute atomic E-state index is 13.6. The maximum atomic E-state index is 13.6. The Balaban J connectivity index is 1.53. The third kappa shape index (κ3) is 6.76. The predicted molar refractivity (Wildman–Crippen MR) is 135 cm³/mol. The van der Waals surface area contributed by atoms with Crippen LogP contribution >= 0.6 is 0 Å². The summed E-state index contributed by atoms with van der Waals surface area (Å²) in [6.07, 6.45) is 0.212. The molecule has 37 heavy (non-hydrogen) atoms. The van der Waals surface area contributed by atoms with Crippen molar-refractivity contribution in [1.82, 2.24) is 14.9 Å². The zero-order valence-corrected chi connectivity index (χ0v) is 21.9. The third-order valence-electron chi connectivity index (χ3n) is 6.71. The van der Waals surface area contributed by atoms with Crippen molar-refractivity contribution in [2.24, 2.45) is 5.41 Å². The number of rotatable bonds is 5. The summed E-state index contributed by atoms with van der Waals surface area (Å²) in [5.74, 6) is -0.0476. The lowest BCUT2D eigenvalue weighted by Crippen LogP contribution is -2.45. The largest absolute Gasteiger partial charge is 0.457 e. The molecule has 2 aromatic carbocycles. The molecule has 1 amide bonds. The molecule has 0 aliphatic heterocycles. The number of hydrogen-bond acceptors (Lipinski definition) is 4. The molecule has 3 aromatic rings. The molecule has 200 valence electrons. The number of alkyl halides is 3. The standard InChI is InChI=1S/C28H34F3N3O3/c1-26(2,3)37-25(35)34(19-10-12-27(4,5)13-11-19)16-18-6-8-20(9-7-18)36-24-15-23-22(32-17-33-23)14-21(24)28(29,30)31/h6-9,14-15,17,19H,10-13,16H2,1-5H3,(H,32,33). The number of nitrogens with one attached hydrogen (secondary N) is 1. The summed E-state index contributed by atoms with van der Waals surface area (Å²) < 4.78 is 52.3. The van der Waals surface area contributed by atoms with Gasteiger partial charge in [-0.15, -0.1) is 0 Å². The van der Waals surface area contributed by atoms with Crippen molar-refractivity contribution in [2.45, 2.75) is 84.7 Å². The Hall–Kier alpha value is -3.23. The molecule has 0 saturated heterocycles. The minimum atomic E-state index is -4.59. The molecule has 0 radical (unpaired) electrons. The van der Waals surface area contributed by atoms with Gasteiger partial charge >= 0.3 is 12.3 Å². The second kappa shape index (κ2) is 9.91. The highest BCUT2D eigenvalue weighted by molar-refractivity contribution is 5.78. The zero-order valence-electron chi connectivity index (χ0n) is 21.9. The Labute approximate surface area is 215 Å². The van der Waals surface area contributed by atoms with Gasteiger partial charge < -0.3 is 19.4 Å². The first-order chi connectivity index (χ1) is 17.2. The summed E-state index contributed by atoms with van der Waals surface area (Å²) in [5, 5.41) is 0. The highest BCUT2D eigenvalue weighted by Crippen LogP contribution is 2.40. The monoisotopic (exact) mass is 517 g/mol. The molecular formula is C28H34F3N3O3. The van der Waals surface area contributed by atoms with Crippen molar-refractivity contribution >= 4 is 17.1 Å². The van der Waals surface area contributed by atoms with Crippen LogP contribution in [0.2, 0.25) is 0 Å². The fraction of sp³-hybridized carbons (Fsp3) is 0.500. The van der Waals surface area contributed by atoms with Crippen molar-refractivity contribution in [1.29, 1.82) is 0 Å². The Bertz CT molecular complexity index is 1230. The first kappa shape index (κ1) is 26.8. The van der Waals surface area contributed by atoms with E-state index in [1.165, 1.54) is 12.4 Å². The number of aromatic nitrogens is 2. The Morgan fingerprint density at radius 2 is 1.76 bits per heavy atom. The molecule has 6 nitrogen and oxygen atoms in total. The first-order valence-electron chi connectivity index (χ1n) is 12.5. The maximum Gasteiger partial charge on any atom is 0.420 e. The van der Waals surface area contributed by atoms with E-state index in [4.69, 9.17) is 9.47 Å². The van der Waals surface area contributed by atoms with Gasteiger partial charge in [-0.1, -0.05) is 26.0 Å². The van der Waals surface area contributed by atoms with Crippen molar-refractivity contribution in [3.63, 3.8) is 0 Å². The number of hydrogen-bond donors (Lipinski definition) is 1. The average molecular weight is 518 g/mol. The molecule has 4 rings (SSSR count). The number of imidazole rings is 1. The summed E-state index contributed by atoms with van der Waals surface area (Å²) in [4.78, 5) is 21.6. The summed E-state index contributed by atoms with van der Waals surface area (Å²) in [6, 6.07) is 9.10. The summed E-state index contributed by atoms with van der Waals surface area (Å²) in [5.41, 5.74) is 0.235. The van der Waals surface area contributed by atoms with Gasteiger partial charge in [0, 0.05) is 18.7 Å². The first-order valence-corrected chi connectivity index (χ1v) is 12.5. The number of fused-ring (bicyclic) bond motifs is 1. The molecule has 0 bridgehead atoms. The van der Waals surface area contributed by atoms with E-state index in [0.29, 0.717) is 12.1 Å². The van der Waals surface area contributed by atoms with Gasteiger partial charge in [0.1, 0.15) is 22.7 Å². The van der Waals surface area contributed by atoms with Gasteiger partial charge in [-0.05, 0) is 75.6 Å². The molecule has 9 heteroatoms. The lowest BCUT2D eigenvalue weighted by Gasteiger charge is -2.40. The van der Waals surface area contributed by atoms with Crippen LogP contribution in [0.5, 0.6) is 11.5 Å². The number of benzene rings is 2. The van der Waals surface area contributed by atoms with Gasteiger partial charge in [0.15, 0.2) is 0 Å². The molecule has 0 spiro atoms. The van der Waals surface area contributed by atoms with E-state index in [1.807, 2.05) is 20.8 Å². The van der Waals surface area contributed by atoms with Crippen LogP contribution in [0.1, 0.15) is 71.4 Å². The molecule has 1 aromatic heterocycles. The number of H-pyrrole nitrogens is 1. The summed E-state index contributed by atoms with van der Waals surface area (Å²) >= 11 is 0. The van der Waals surface area contributed by atoms with Gasteiger partial charge in [-0.2, -0.15) is 13.2 Å². The van der Waals surface area contributed by atoms with Crippen LogP contribution in [0.15, 0.2) is 42.7 Å². The second-order valence-corrected chi connectivity index (χ2v) is 11.5. The summed E-state index contributed by atoms with van der Waals surface area (Å²) in [7, 11) is 0. The van der Waals surface area contributed by atoms with E-state index in [1.54, 1.807) is 29.2 Å². The lowest BCUT2D eigenvalue weighted by molar-refractivity contribution is -0.138. The zero-order chi connectivity index (χ0) is 27.0. The fourth-order valence-corrected chi connectivity index (χ4v) is 4.61. The van der Waals surface area contributed by atoms with Crippen molar-refractivity contribution in [3.8, 4) is 11.5 Å². The molecule has 1 N–H and O–H groups in total. The SMILES string of the molecule is CC1(C)CCC(N(Cc2ccc(Oc3cc4[nH]cnc4cc3C(F)(F)F)cc2)C(=O)OC(C)(C)C)CC1. The highest BCUT2D eigenvalue weighted by Gasteiger charge is 2.36. The minimum Gasteiger partial charge on any atom is -0.457 e. The normalized spacial score (nSPS) is 16.5. The molecule has 1 heterocycles. The van der Waals surface area contributed by atoms with Crippen LogP contribution < -0.4 is 4.74 Å². The number of amides is 1. The number of halogens is 3. The number of aromatic amines is 1. The smallest absolute Gasteiger partial charge is 0.420 e. The predicted octanol–water partition coefficient (Wildman–Crippen LogP) is 8.08. The Morgan fingerprint density at radius 1 is 1.11 bits per heavy atom. The molecule has 0 atom stereocenters. The average Bonchev–Trinajstić information content (AvgIpc) is 3.24. The van der Waals surface area contributed by atoms with Crippen LogP contribution in [0, 0.1) is 5.41 Å². The van der Waals surface area contributed by atoms with Gasteiger partial charge in [0.05, 0.1) is 17.4 Å². The Kier molecular flexibility index (Phi) is 7.18. The second-order valence-electron chi connectivity index (χ2n) is 11.5. The summed E-state index contributed by atoms with van der Waals surface area (Å²) in [6.45, 7) is 10.4. The van der Waals surface area contributed by atoms with Crippen molar-refractivity contribution in [2.75, 3.05) is 0 Å². The number of carbonyl (C=O) groups is 1. The highest BCUT2D eigenvalue weighted by atomic mass is 19.4. The molecular weight excluding hydrogens is 483 g/mol. The van der Waals surface area contributed by atoms with Gasteiger partial charge in [0.25, 0.3) is 0 Å². The van der Waals surface area contributed by atoms with Crippen LogP contribution in [0.3, 0.4) is 0 Å². The van der Waals surface area contributed by atoms with E-state index in [0.717, 1.165) is 37.3 Å². The molecule has 1 aliphatic rings. The van der Waals surface area contributed by atoms with Gasteiger partial charge in [-0.25, -0.2) is 9.78 Å². The topological polar surface area (TPSA) is 67.5 Å². The van der Waals surface area contributed by atoms with Crippen LogP contribution in [-0.4, -0.2) is 32.6 Å². The number of carbonyl (C=O) groups excluding carboxylic acids is 1. The van der Waals surface area contributed by atoms with E-state index in [-0.39, 0.29) is 34.6 Å². The van der Waals surface area contributed by atoms with E-state index in [9.17, 15) is 18.0 Å². The fourth-order valence-electron chi connectivity index (χ4n) is 4.61. The van der Waals surface area contributed by atoms with Gasteiger partial charge in [-0.3, -0.25) is 0 Å². The molecule has 1 fully saturated rings. The molecule has 1 aliphatic carbocycles. The number of nitrogens with zero attached hydrogens (tertiary/aromatic N) is 2. The number of ether oxygens (including phenoxy) is 2. The lowest BCUT2D eigenvalue weighted by atomic mass is 9.75. The Morgan fingerprint density at radius 3 is 2.35 bits per heavy atom. The van der Waals surface area contributed by atoms with Crippen LogP contribution in [0.4, 0.5) is 18.0 Å². The third-order valence-corrected chi connectivity index (χ3v) is 6.71. The van der Waals surface area contributed by atoms with Crippen molar-refractivity contribution in [3.05, 3.63) is 53.9 Å². The minimum absolute atomic E-state index is 0.0641. The quantitative estimate of drug-likeness (QED) is 0.371. The molecule has 0 unspecified atom stereocenters. The van der Waals surface area contributed by atoms with E-state index >= 15 is 0 Å².